The number of imidazole rings is 1. The van der Waals surface area contributed by atoms with Crippen LogP contribution < -0.4 is 4.74 Å². The van der Waals surface area contributed by atoms with E-state index >= 15 is 0 Å². The van der Waals surface area contributed by atoms with Crippen molar-refractivity contribution in [3.05, 3.63) is 77.0 Å². The molecule has 3 heterocycles. The molecular weight excluding hydrogens is 338 g/mol. The van der Waals surface area contributed by atoms with Crippen LogP contribution in [-0.2, 0) is 12.4 Å². The third-order valence-electron chi connectivity index (χ3n) is 3.46. The van der Waals surface area contributed by atoms with Gasteiger partial charge in [0.15, 0.2) is 5.16 Å². The van der Waals surface area contributed by atoms with Crippen molar-refractivity contribution < 1.29 is 4.74 Å². The van der Waals surface area contributed by atoms with Crippen LogP contribution in [0.2, 0.25) is 0 Å². The van der Waals surface area contributed by atoms with Crippen molar-refractivity contribution in [2.24, 2.45) is 0 Å². The summed E-state index contributed by atoms with van der Waals surface area (Å²) in [6, 6.07) is 15.9. The molecule has 0 atom stereocenters. The maximum Gasteiger partial charge on any atom is 0.172 e. The van der Waals surface area contributed by atoms with Crippen LogP contribution in [0.25, 0.3) is 5.52 Å². The minimum atomic E-state index is 0.506. The van der Waals surface area contributed by atoms with Crippen molar-refractivity contribution >= 4 is 28.6 Å². The first-order valence-corrected chi connectivity index (χ1v) is 9.41. The quantitative estimate of drug-likeness (QED) is 0.473. The van der Waals surface area contributed by atoms with Gasteiger partial charge in [-0.05, 0) is 24.3 Å². The lowest BCUT2D eigenvalue weighted by Gasteiger charge is -2.02. The Morgan fingerprint density at radius 2 is 1.96 bits per heavy atom. The third-order valence-corrected chi connectivity index (χ3v) is 5.33. The molecule has 4 aromatic rings. The molecule has 0 aliphatic carbocycles. The smallest absolute Gasteiger partial charge is 0.172 e. The number of hydrogen-bond acceptors (Lipinski definition) is 5. The van der Waals surface area contributed by atoms with Crippen LogP contribution in [0.3, 0.4) is 0 Å². The van der Waals surface area contributed by atoms with E-state index in [9.17, 15) is 0 Å². The number of fused-ring (bicyclic) bond motifs is 1. The highest BCUT2D eigenvalue weighted by Gasteiger charge is 2.07. The Hall–Kier alpha value is -2.31. The molecular formula is C18H15N3OS2. The van der Waals surface area contributed by atoms with Crippen molar-refractivity contribution in [1.29, 1.82) is 0 Å². The minimum Gasteiger partial charge on any atom is -0.486 e. The van der Waals surface area contributed by atoms with E-state index in [-0.39, 0.29) is 0 Å². The fourth-order valence-corrected chi connectivity index (χ4v) is 3.98. The first-order valence-electron chi connectivity index (χ1n) is 7.54. The number of thioether (sulfide) groups is 1. The van der Waals surface area contributed by atoms with E-state index in [4.69, 9.17) is 4.74 Å². The summed E-state index contributed by atoms with van der Waals surface area (Å²) in [5, 5.41) is 4.06. The lowest BCUT2D eigenvalue weighted by Crippen LogP contribution is -1.95. The number of pyridine rings is 1. The molecule has 3 aromatic heterocycles. The van der Waals surface area contributed by atoms with E-state index in [1.165, 1.54) is 0 Å². The van der Waals surface area contributed by atoms with Crippen molar-refractivity contribution in [3.63, 3.8) is 0 Å². The summed E-state index contributed by atoms with van der Waals surface area (Å²) in [5.41, 5.74) is 2.17. The molecule has 0 saturated carbocycles. The van der Waals surface area contributed by atoms with Crippen molar-refractivity contribution in [2.75, 3.05) is 0 Å². The maximum absolute atomic E-state index is 5.74. The van der Waals surface area contributed by atoms with E-state index in [1.54, 1.807) is 23.1 Å². The second kappa shape index (κ2) is 7.07. The summed E-state index contributed by atoms with van der Waals surface area (Å²) in [6.45, 7) is 0.506. The summed E-state index contributed by atoms with van der Waals surface area (Å²) >= 11 is 3.33. The summed E-state index contributed by atoms with van der Waals surface area (Å²) in [4.78, 5) is 9.11. The number of nitrogens with zero attached hydrogens (tertiary/aromatic N) is 3. The standard InChI is InChI=1S/C18H15N3OS2/c1-2-7-16(8-3-1)22-11-17-20-14(12-23-17)13-24-18-19-10-15-6-4-5-9-21(15)18/h1-10,12H,11,13H2. The van der Waals surface area contributed by atoms with E-state index < -0.39 is 0 Å². The monoisotopic (exact) mass is 353 g/mol. The van der Waals surface area contributed by atoms with Crippen LogP contribution in [0.5, 0.6) is 5.75 Å². The molecule has 0 unspecified atom stereocenters. The fourth-order valence-electron chi connectivity index (χ4n) is 2.31. The van der Waals surface area contributed by atoms with Crippen LogP contribution in [0.4, 0.5) is 0 Å². The van der Waals surface area contributed by atoms with E-state index in [0.29, 0.717) is 6.61 Å². The molecule has 0 N–H and O–H groups in total. The zero-order valence-corrected chi connectivity index (χ0v) is 14.5. The van der Waals surface area contributed by atoms with Gasteiger partial charge in [-0.3, -0.25) is 4.40 Å². The predicted octanol–water partition coefficient (Wildman–Crippen LogP) is 4.66. The highest BCUT2D eigenvalue weighted by atomic mass is 32.2. The molecule has 0 aliphatic rings. The average Bonchev–Trinajstić information content (AvgIpc) is 3.26. The number of thiazole rings is 1. The maximum atomic E-state index is 5.74. The van der Waals surface area contributed by atoms with Gasteiger partial charge in [-0.25, -0.2) is 9.97 Å². The number of benzene rings is 1. The Kier molecular flexibility index (Phi) is 4.49. The van der Waals surface area contributed by atoms with Gasteiger partial charge < -0.3 is 4.74 Å². The van der Waals surface area contributed by atoms with Gasteiger partial charge in [-0.2, -0.15) is 0 Å². The SMILES string of the molecule is c1ccc(OCc2nc(CSc3ncc4ccccn34)cs2)cc1. The molecule has 0 saturated heterocycles. The minimum absolute atomic E-state index is 0.506. The van der Waals surface area contributed by atoms with Crippen LogP contribution in [0, 0.1) is 0 Å². The Balaban J connectivity index is 1.37. The number of hydrogen-bond donors (Lipinski definition) is 0. The zero-order chi connectivity index (χ0) is 16.2. The first-order chi connectivity index (χ1) is 11.9. The molecule has 1 aromatic carbocycles. The summed E-state index contributed by atoms with van der Waals surface area (Å²) in [7, 11) is 0. The average molecular weight is 353 g/mol. The molecule has 0 radical (unpaired) electrons. The van der Waals surface area contributed by atoms with Crippen LogP contribution in [0.1, 0.15) is 10.7 Å². The number of para-hydroxylation sites is 1. The van der Waals surface area contributed by atoms with Crippen LogP contribution in [0.15, 0.2) is 71.5 Å². The summed E-state index contributed by atoms with van der Waals surface area (Å²) < 4.78 is 7.83. The second-order valence-electron chi connectivity index (χ2n) is 5.16. The van der Waals surface area contributed by atoms with E-state index in [1.807, 2.05) is 54.9 Å². The number of rotatable bonds is 6. The van der Waals surface area contributed by atoms with Crippen LogP contribution >= 0.6 is 23.1 Å². The van der Waals surface area contributed by atoms with Crippen molar-refractivity contribution in [3.8, 4) is 5.75 Å². The molecule has 0 fully saturated rings. The molecule has 0 amide bonds. The second-order valence-corrected chi connectivity index (χ2v) is 7.04. The number of ether oxygens (including phenoxy) is 1. The normalized spacial score (nSPS) is 11.0. The lowest BCUT2D eigenvalue weighted by atomic mass is 10.3. The molecule has 6 heteroatoms. The van der Waals surface area contributed by atoms with E-state index in [2.05, 4.69) is 25.8 Å². The molecule has 0 spiro atoms. The molecule has 0 aliphatic heterocycles. The zero-order valence-electron chi connectivity index (χ0n) is 12.8. The Bertz CT molecular complexity index is 934. The first kappa shape index (κ1) is 15.2. The highest BCUT2D eigenvalue weighted by Crippen LogP contribution is 2.24. The molecule has 4 nitrogen and oxygen atoms in total. The molecule has 120 valence electrons. The van der Waals surface area contributed by atoms with Gasteiger partial charge in [-0.1, -0.05) is 36.0 Å². The van der Waals surface area contributed by atoms with Gasteiger partial charge in [0.1, 0.15) is 17.4 Å². The third kappa shape index (κ3) is 3.44. The van der Waals surface area contributed by atoms with Gasteiger partial charge in [-0.15, -0.1) is 11.3 Å². The fraction of sp³-hybridized carbons (Fsp3) is 0.111. The largest absolute Gasteiger partial charge is 0.486 e. The summed E-state index contributed by atoms with van der Waals surface area (Å²) in [6.07, 6.45) is 3.92. The van der Waals surface area contributed by atoms with Gasteiger partial charge >= 0.3 is 0 Å². The van der Waals surface area contributed by atoms with Gasteiger partial charge in [0.25, 0.3) is 0 Å². The van der Waals surface area contributed by atoms with Gasteiger partial charge in [0.05, 0.1) is 17.4 Å². The Morgan fingerprint density at radius 3 is 2.88 bits per heavy atom. The Morgan fingerprint density at radius 1 is 1.08 bits per heavy atom. The summed E-state index contributed by atoms with van der Waals surface area (Å²) in [5.74, 6) is 1.67. The topological polar surface area (TPSA) is 39.4 Å². The van der Waals surface area contributed by atoms with Gasteiger partial charge in [0, 0.05) is 17.3 Å². The Labute approximate surface area is 148 Å². The molecule has 24 heavy (non-hydrogen) atoms. The van der Waals surface area contributed by atoms with Gasteiger partial charge in [0.2, 0.25) is 0 Å². The molecule has 4 rings (SSSR count). The lowest BCUT2D eigenvalue weighted by molar-refractivity contribution is 0.305. The highest BCUT2D eigenvalue weighted by molar-refractivity contribution is 7.98. The molecule has 0 bridgehead atoms. The van der Waals surface area contributed by atoms with Crippen LogP contribution in [-0.4, -0.2) is 14.4 Å². The van der Waals surface area contributed by atoms with Crippen molar-refractivity contribution in [2.45, 2.75) is 17.5 Å². The van der Waals surface area contributed by atoms with E-state index in [0.717, 1.165) is 32.9 Å². The van der Waals surface area contributed by atoms with Crippen molar-refractivity contribution in [1.82, 2.24) is 14.4 Å². The number of aromatic nitrogens is 3. The predicted molar refractivity (Wildman–Crippen MR) is 97.6 cm³/mol.